The summed E-state index contributed by atoms with van der Waals surface area (Å²) in [5.74, 6) is -0.310. The van der Waals surface area contributed by atoms with Crippen LogP contribution in [0.1, 0.15) is 21.5 Å². The highest BCUT2D eigenvalue weighted by Crippen LogP contribution is 2.26. The van der Waals surface area contributed by atoms with Crippen LogP contribution in [0.5, 0.6) is 0 Å². The van der Waals surface area contributed by atoms with E-state index in [0.717, 1.165) is 0 Å². The van der Waals surface area contributed by atoms with Crippen LogP contribution in [0.4, 0.5) is 5.69 Å². The predicted molar refractivity (Wildman–Crippen MR) is 103 cm³/mol. The van der Waals surface area contributed by atoms with Gasteiger partial charge >= 0.3 is 0 Å². The SMILES string of the molecule is Cc1ccccc1S(=O)(=O)Nc1ccc(Cl)cc1C(=O)c1ccccc1. The maximum absolute atomic E-state index is 12.8. The standard InChI is InChI=1S/C20H16ClNO3S/c1-14-7-5-6-10-19(14)26(24,25)22-18-12-11-16(21)13-17(18)20(23)15-8-3-2-4-9-15/h2-13,22H,1H3. The number of carbonyl (C=O) groups is 1. The molecule has 0 heterocycles. The molecular weight excluding hydrogens is 370 g/mol. The zero-order chi connectivity index (χ0) is 18.7. The Morgan fingerprint density at radius 2 is 1.58 bits per heavy atom. The molecule has 1 N–H and O–H groups in total. The highest BCUT2D eigenvalue weighted by atomic mass is 35.5. The van der Waals surface area contributed by atoms with E-state index in [4.69, 9.17) is 11.6 Å². The van der Waals surface area contributed by atoms with Gasteiger partial charge in [-0.15, -0.1) is 0 Å². The van der Waals surface area contributed by atoms with E-state index in [1.54, 1.807) is 61.5 Å². The summed E-state index contributed by atoms with van der Waals surface area (Å²) in [6.45, 7) is 1.71. The fraction of sp³-hybridized carbons (Fsp3) is 0.0500. The topological polar surface area (TPSA) is 63.2 Å². The molecule has 0 aliphatic carbocycles. The third kappa shape index (κ3) is 3.79. The molecule has 0 radical (unpaired) electrons. The number of sulfonamides is 1. The minimum absolute atomic E-state index is 0.160. The summed E-state index contributed by atoms with van der Waals surface area (Å²) in [4.78, 5) is 13.0. The van der Waals surface area contributed by atoms with Crippen molar-refractivity contribution in [2.45, 2.75) is 11.8 Å². The molecule has 4 nitrogen and oxygen atoms in total. The second-order valence-corrected chi connectivity index (χ2v) is 7.84. The van der Waals surface area contributed by atoms with E-state index >= 15 is 0 Å². The first-order valence-electron chi connectivity index (χ1n) is 7.86. The third-order valence-electron chi connectivity index (χ3n) is 3.89. The van der Waals surface area contributed by atoms with Crippen LogP contribution in [0.3, 0.4) is 0 Å². The first kappa shape index (κ1) is 18.2. The van der Waals surface area contributed by atoms with Crippen molar-refractivity contribution in [3.05, 3.63) is 94.5 Å². The Morgan fingerprint density at radius 1 is 0.923 bits per heavy atom. The fourth-order valence-corrected chi connectivity index (χ4v) is 4.10. The summed E-state index contributed by atoms with van der Waals surface area (Å²) in [7, 11) is -3.84. The minimum atomic E-state index is -3.84. The molecule has 3 aromatic carbocycles. The van der Waals surface area contributed by atoms with Gasteiger partial charge in [0.05, 0.1) is 10.6 Å². The van der Waals surface area contributed by atoms with Gasteiger partial charge in [0.2, 0.25) is 0 Å². The molecule has 0 aliphatic heterocycles. The second-order valence-electron chi connectivity index (χ2n) is 5.76. The summed E-state index contributed by atoms with van der Waals surface area (Å²) in [6.07, 6.45) is 0. The lowest BCUT2D eigenvalue weighted by atomic mass is 10.0. The van der Waals surface area contributed by atoms with Crippen LogP contribution in [-0.4, -0.2) is 14.2 Å². The molecule has 0 fully saturated rings. The molecule has 0 saturated heterocycles. The van der Waals surface area contributed by atoms with Gasteiger partial charge in [-0.05, 0) is 36.8 Å². The maximum atomic E-state index is 12.8. The summed E-state index contributed by atoms with van der Waals surface area (Å²) in [5.41, 5.74) is 1.45. The lowest BCUT2D eigenvalue weighted by Crippen LogP contribution is -2.17. The summed E-state index contributed by atoms with van der Waals surface area (Å²) >= 11 is 6.03. The lowest BCUT2D eigenvalue weighted by Gasteiger charge is -2.14. The number of aryl methyl sites for hydroxylation is 1. The quantitative estimate of drug-likeness (QED) is 0.648. The Hall–Kier alpha value is -2.63. The van der Waals surface area contributed by atoms with E-state index in [1.165, 1.54) is 18.2 Å². The van der Waals surface area contributed by atoms with E-state index in [0.29, 0.717) is 16.1 Å². The zero-order valence-electron chi connectivity index (χ0n) is 13.9. The van der Waals surface area contributed by atoms with Crippen LogP contribution in [0.2, 0.25) is 5.02 Å². The molecule has 0 aliphatic rings. The molecule has 3 rings (SSSR count). The number of halogens is 1. The molecule has 0 saturated carbocycles. The van der Waals surface area contributed by atoms with Crippen molar-refractivity contribution in [1.29, 1.82) is 0 Å². The van der Waals surface area contributed by atoms with Gasteiger partial charge in [0.1, 0.15) is 0 Å². The summed E-state index contributed by atoms with van der Waals surface area (Å²) < 4.78 is 28.0. The molecule has 26 heavy (non-hydrogen) atoms. The number of ketones is 1. The molecule has 0 bridgehead atoms. The van der Waals surface area contributed by atoms with Gasteiger partial charge in [0.25, 0.3) is 10.0 Å². The van der Waals surface area contributed by atoms with Gasteiger partial charge in [-0.1, -0.05) is 60.1 Å². The Morgan fingerprint density at radius 3 is 2.27 bits per heavy atom. The molecule has 0 aromatic heterocycles. The average molecular weight is 386 g/mol. The monoisotopic (exact) mass is 385 g/mol. The van der Waals surface area contributed by atoms with E-state index in [9.17, 15) is 13.2 Å². The Kier molecular flexibility index (Phi) is 5.11. The predicted octanol–water partition coefficient (Wildman–Crippen LogP) is 4.68. The Bertz CT molecular complexity index is 1060. The highest BCUT2D eigenvalue weighted by Gasteiger charge is 2.21. The van der Waals surface area contributed by atoms with Crippen molar-refractivity contribution in [2.75, 3.05) is 4.72 Å². The van der Waals surface area contributed by atoms with Crippen LogP contribution in [0.25, 0.3) is 0 Å². The van der Waals surface area contributed by atoms with Gasteiger partial charge in [0.15, 0.2) is 5.78 Å². The van der Waals surface area contributed by atoms with Gasteiger partial charge < -0.3 is 0 Å². The molecule has 132 valence electrons. The third-order valence-corrected chi connectivity index (χ3v) is 5.65. The first-order valence-corrected chi connectivity index (χ1v) is 9.72. The van der Waals surface area contributed by atoms with Gasteiger partial charge in [-0.25, -0.2) is 8.42 Å². The minimum Gasteiger partial charge on any atom is -0.289 e. The van der Waals surface area contributed by atoms with Crippen molar-refractivity contribution < 1.29 is 13.2 Å². The lowest BCUT2D eigenvalue weighted by molar-refractivity contribution is 0.103. The molecule has 0 amide bonds. The van der Waals surface area contributed by atoms with Gasteiger partial charge in [-0.2, -0.15) is 0 Å². The van der Waals surface area contributed by atoms with Gasteiger partial charge in [0, 0.05) is 16.1 Å². The smallest absolute Gasteiger partial charge is 0.262 e. The van der Waals surface area contributed by atoms with Crippen molar-refractivity contribution in [1.82, 2.24) is 0 Å². The van der Waals surface area contributed by atoms with E-state index < -0.39 is 10.0 Å². The first-order chi connectivity index (χ1) is 12.4. The molecular formula is C20H16ClNO3S. The molecule has 0 atom stereocenters. The number of rotatable bonds is 5. The van der Waals surface area contributed by atoms with Gasteiger partial charge in [-0.3, -0.25) is 9.52 Å². The molecule has 0 spiro atoms. The van der Waals surface area contributed by atoms with Crippen molar-refractivity contribution in [2.24, 2.45) is 0 Å². The summed E-state index contributed by atoms with van der Waals surface area (Å²) in [6, 6.07) is 19.8. The number of carbonyl (C=O) groups excluding carboxylic acids is 1. The fourth-order valence-electron chi connectivity index (χ4n) is 2.60. The number of anilines is 1. The van der Waals surface area contributed by atoms with E-state index in [2.05, 4.69) is 4.72 Å². The number of benzene rings is 3. The van der Waals surface area contributed by atoms with Crippen molar-refractivity contribution >= 4 is 33.1 Å². The zero-order valence-corrected chi connectivity index (χ0v) is 15.5. The number of hydrogen-bond donors (Lipinski definition) is 1. The maximum Gasteiger partial charge on any atom is 0.262 e. The van der Waals surface area contributed by atoms with Crippen LogP contribution in [-0.2, 0) is 10.0 Å². The average Bonchev–Trinajstić information content (AvgIpc) is 2.63. The van der Waals surface area contributed by atoms with E-state index in [-0.39, 0.29) is 21.9 Å². The summed E-state index contributed by atoms with van der Waals surface area (Å²) in [5, 5.41) is 0.350. The normalized spacial score (nSPS) is 11.2. The van der Waals surface area contributed by atoms with Crippen LogP contribution in [0, 0.1) is 6.92 Å². The van der Waals surface area contributed by atoms with Crippen LogP contribution in [0.15, 0.2) is 77.7 Å². The molecule has 0 unspecified atom stereocenters. The van der Waals surface area contributed by atoms with E-state index in [1.807, 2.05) is 0 Å². The van der Waals surface area contributed by atoms with Crippen molar-refractivity contribution in [3.63, 3.8) is 0 Å². The second kappa shape index (κ2) is 7.32. The van der Waals surface area contributed by atoms with Crippen LogP contribution < -0.4 is 4.72 Å². The number of nitrogens with one attached hydrogen (secondary N) is 1. The highest BCUT2D eigenvalue weighted by molar-refractivity contribution is 7.92. The molecule has 6 heteroatoms. The Balaban J connectivity index is 2.04. The number of hydrogen-bond acceptors (Lipinski definition) is 3. The molecule has 3 aromatic rings. The van der Waals surface area contributed by atoms with Crippen molar-refractivity contribution in [3.8, 4) is 0 Å². The largest absolute Gasteiger partial charge is 0.289 e. The Labute approximate surface area is 157 Å². The van der Waals surface area contributed by atoms with Crippen LogP contribution >= 0.6 is 11.6 Å².